The first-order valence-corrected chi connectivity index (χ1v) is 16.3. The Hall–Kier alpha value is 0.820. The summed E-state index contributed by atoms with van der Waals surface area (Å²) in [6, 6.07) is 8.10. The summed E-state index contributed by atoms with van der Waals surface area (Å²) in [5.41, 5.74) is 2.27. The molecule has 0 saturated carbocycles. The Kier molecular flexibility index (Phi) is 15.0. The maximum absolute atomic E-state index is 12.0. The Bertz CT molecular complexity index is 1570. The summed E-state index contributed by atoms with van der Waals surface area (Å²) >= 11 is 0. The Balaban J connectivity index is 0.00000507. The zero-order chi connectivity index (χ0) is 28.2. The van der Waals surface area contributed by atoms with Crippen LogP contribution in [-0.2, 0) is 30.4 Å². The number of hydrogen-bond donors (Lipinski definition) is 0. The van der Waals surface area contributed by atoms with E-state index in [1.807, 2.05) is 0 Å². The molecule has 3 rings (SSSR count). The molecule has 0 spiro atoms. The molecule has 0 amide bonds. The number of aryl methyl sites for hydroxylation is 6. The van der Waals surface area contributed by atoms with Crippen molar-refractivity contribution in [3.05, 3.63) is 69.8 Å². The number of benzene rings is 3. The van der Waals surface area contributed by atoms with Crippen molar-refractivity contribution in [1.82, 2.24) is 0 Å². The third-order valence-electron chi connectivity index (χ3n) is 6.01. The van der Waals surface area contributed by atoms with Gasteiger partial charge in [0.25, 0.3) is 0 Å². The van der Waals surface area contributed by atoms with Crippen LogP contribution in [0.5, 0.6) is 0 Å². The first kappa shape index (κ1) is 40.8. The van der Waals surface area contributed by atoms with Gasteiger partial charge in [0.1, 0.15) is 30.4 Å². The quantitative estimate of drug-likeness (QED) is 0.143. The van der Waals surface area contributed by atoms with Crippen LogP contribution in [0.3, 0.4) is 0 Å². The van der Waals surface area contributed by atoms with E-state index >= 15 is 0 Å². The van der Waals surface area contributed by atoms with Gasteiger partial charge in [0.15, 0.2) is 0 Å². The predicted molar refractivity (Wildman–Crippen MR) is 137 cm³/mol. The summed E-state index contributed by atoms with van der Waals surface area (Å²) in [7, 11) is -16.6. The Morgan fingerprint density at radius 2 is 0.625 bits per heavy atom. The molecule has 9 nitrogen and oxygen atoms in total. The molecule has 40 heavy (non-hydrogen) atoms. The van der Waals surface area contributed by atoms with Crippen LogP contribution in [0, 0.1) is 41.5 Å². The van der Waals surface area contributed by atoms with Crippen molar-refractivity contribution in [3.8, 4) is 0 Å². The average molecular weight is 653 g/mol. The van der Waals surface area contributed by atoms with Crippen molar-refractivity contribution in [3.63, 3.8) is 0 Å². The summed E-state index contributed by atoms with van der Waals surface area (Å²) in [6.07, 6.45) is 0. The van der Waals surface area contributed by atoms with Gasteiger partial charge in [0.05, 0.1) is 14.7 Å². The molecule has 0 unspecified atom stereocenters. The fourth-order valence-corrected chi connectivity index (χ4v) is 9.60. The minimum Gasteiger partial charge on any atom is -0.744 e. The van der Waals surface area contributed by atoms with Crippen LogP contribution in [0.15, 0.2) is 51.1 Å². The van der Waals surface area contributed by atoms with Crippen molar-refractivity contribution < 1.29 is 128 Å². The standard InChI is InChI=1S/C24H27O9PS3.3Na/c1-13-7-16(4)22(35(25,26)27)10-19(13)34(20-11-23(36(28,29)30)17(5)8-14(20)2)21-12-24(37(31,32)33)18(6)9-15(21)3;;;/h7-12H,1-6H3,(H,25,26,27)(H,28,29,30)(H,31,32,33);;;/q;3*+1/p-3. The first-order chi connectivity index (χ1) is 16.7. The van der Waals surface area contributed by atoms with E-state index in [1.165, 1.54) is 57.2 Å². The van der Waals surface area contributed by atoms with Crippen molar-refractivity contribution >= 4 is 54.2 Å². The van der Waals surface area contributed by atoms with Gasteiger partial charge in [0, 0.05) is 0 Å². The molecule has 0 bridgehead atoms. The Morgan fingerprint density at radius 3 is 0.800 bits per heavy atom. The van der Waals surface area contributed by atoms with Gasteiger partial charge in [-0.05, 0) is 117 Å². The fourth-order valence-electron chi connectivity index (χ4n) is 4.39. The van der Waals surface area contributed by atoms with Gasteiger partial charge in [-0.3, -0.25) is 0 Å². The second-order valence-electron chi connectivity index (χ2n) is 8.91. The monoisotopic (exact) mass is 652 g/mol. The predicted octanol–water partition coefficient (Wildman–Crippen LogP) is -6.98. The zero-order valence-corrected chi connectivity index (χ0v) is 33.2. The molecular formula is C24H24Na3O9PS3. The molecule has 16 heteroatoms. The van der Waals surface area contributed by atoms with Gasteiger partial charge < -0.3 is 13.7 Å². The molecule has 200 valence electrons. The smallest absolute Gasteiger partial charge is 0.744 e. The molecule has 0 aromatic heterocycles. The van der Waals surface area contributed by atoms with Crippen LogP contribution in [-0.4, -0.2) is 38.9 Å². The zero-order valence-electron chi connectivity index (χ0n) is 23.8. The molecule has 0 fully saturated rings. The summed E-state index contributed by atoms with van der Waals surface area (Å²) in [6.45, 7) is 9.39. The van der Waals surface area contributed by atoms with E-state index in [9.17, 15) is 38.9 Å². The van der Waals surface area contributed by atoms with Crippen LogP contribution in [0.4, 0.5) is 0 Å². The molecule has 3 aromatic rings. The molecule has 0 atom stereocenters. The third kappa shape index (κ3) is 8.94. The van der Waals surface area contributed by atoms with E-state index in [0.29, 0.717) is 32.6 Å². The van der Waals surface area contributed by atoms with Crippen molar-refractivity contribution in [2.24, 2.45) is 0 Å². The summed E-state index contributed by atoms with van der Waals surface area (Å²) in [5.74, 6) is 0. The van der Waals surface area contributed by atoms with E-state index in [-0.39, 0.29) is 105 Å². The molecule has 0 heterocycles. The summed E-state index contributed by atoms with van der Waals surface area (Å²) in [4.78, 5) is -1.45. The van der Waals surface area contributed by atoms with Gasteiger partial charge in [0.2, 0.25) is 0 Å². The third-order valence-corrected chi connectivity index (χ3v) is 11.8. The second kappa shape index (κ2) is 14.7. The van der Waals surface area contributed by atoms with Crippen LogP contribution in [0.1, 0.15) is 33.4 Å². The normalized spacial score (nSPS) is 11.8. The van der Waals surface area contributed by atoms with Crippen LogP contribution >= 0.6 is 7.92 Å². The van der Waals surface area contributed by atoms with Crippen molar-refractivity contribution in [2.45, 2.75) is 56.2 Å². The van der Waals surface area contributed by atoms with Crippen molar-refractivity contribution in [1.29, 1.82) is 0 Å². The summed E-state index contributed by atoms with van der Waals surface area (Å²) < 4.78 is 108. The maximum atomic E-state index is 12.0. The molecule has 3 aromatic carbocycles. The molecule has 0 aliphatic heterocycles. The van der Waals surface area contributed by atoms with E-state index in [1.54, 1.807) is 20.8 Å². The SMILES string of the molecule is Cc1cc(C)c(S(=O)(=O)[O-])cc1P(c1cc(S(=O)(=O)[O-])c(C)cc1C)c1cc(S(=O)(=O)[O-])c(C)cc1C.[Na+].[Na+].[Na+]. The van der Waals surface area contributed by atoms with Gasteiger partial charge in [-0.25, -0.2) is 25.3 Å². The van der Waals surface area contributed by atoms with E-state index in [0.717, 1.165) is 0 Å². The van der Waals surface area contributed by atoms with E-state index < -0.39 is 53.0 Å². The second-order valence-corrected chi connectivity index (χ2v) is 15.1. The van der Waals surface area contributed by atoms with Crippen LogP contribution in [0.25, 0.3) is 0 Å². The number of rotatable bonds is 6. The minimum atomic E-state index is -4.90. The van der Waals surface area contributed by atoms with Crippen molar-refractivity contribution in [2.75, 3.05) is 0 Å². The molecular weight excluding hydrogens is 628 g/mol. The number of hydrogen-bond acceptors (Lipinski definition) is 9. The summed E-state index contributed by atoms with van der Waals surface area (Å²) in [5, 5.41) is 0.993. The van der Waals surface area contributed by atoms with Gasteiger partial charge >= 0.3 is 88.7 Å². The van der Waals surface area contributed by atoms with Gasteiger partial charge in [-0.2, -0.15) is 0 Å². The molecule has 0 saturated heterocycles. The molecule has 0 radical (unpaired) electrons. The van der Waals surface area contributed by atoms with E-state index in [2.05, 4.69) is 0 Å². The minimum absolute atomic E-state index is 0. The fraction of sp³-hybridized carbons (Fsp3) is 0.250. The van der Waals surface area contributed by atoms with Gasteiger partial charge in [-0.1, -0.05) is 18.2 Å². The maximum Gasteiger partial charge on any atom is 1.00 e. The van der Waals surface area contributed by atoms with Gasteiger partial charge in [-0.15, -0.1) is 0 Å². The molecule has 0 aliphatic rings. The molecule has 0 N–H and O–H groups in total. The average Bonchev–Trinajstić information content (AvgIpc) is 2.69. The Labute approximate surface area is 303 Å². The largest absolute Gasteiger partial charge is 1.00 e. The van der Waals surface area contributed by atoms with Crippen LogP contribution < -0.4 is 105 Å². The van der Waals surface area contributed by atoms with Crippen LogP contribution in [0.2, 0.25) is 0 Å². The Morgan fingerprint density at radius 1 is 0.425 bits per heavy atom. The molecule has 0 aliphatic carbocycles. The van der Waals surface area contributed by atoms with E-state index in [4.69, 9.17) is 0 Å². The first-order valence-electron chi connectivity index (χ1n) is 10.7. The topological polar surface area (TPSA) is 172 Å².